The van der Waals surface area contributed by atoms with Crippen LogP contribution in [0.2, 0.25) is 5.02 Å². The quantitative estimate of drug-likeness (QED) is 0.663. The number of thiophene rings is 1. The zero-order chi connectivity index (χ0) is 20.8. The number of nitrogens with one attached hydrogen (secondary N) is 1. The number of ether oxygens (including phenoxy) is 2. The third-order valence-electron chi connectivity index (χ3n) is 3.80. The summed E-state index contributed by atoms with van der Waals surface area (Å²) in [7, 11) is 0. The number of rotatable bonds is 7. The molecule has 2 rings (SSSR count). The fourth-order valence-corrected chi connectivity index (χ4v) is 3.96. The highest BCUT2D eigenvalue weighted by atomic mass is 35.5. The second-order valence-electron chi connectivity index (χ2n) is 5.64. The Morgan fingerprint density at radius 3 is 2.43 bits per heavy atom. The summed E-state index contributed by atoms with van der Waals surface area (Å²) in [4.78, 5) is 37.3. The highest BCUT2D eigenvalue weighted by Gasteiger charge is 2.24. The molecule has 0 aliphatic rings. The smallest absolute Gasteiger partial charge is 0.343 e. The zero-order valence-corrected chi connectivity index (χ0v) is 17.1. The lowest BCUT2D eigenvalue weighted by Gasteiger charge is -2.09. The van der Waals surface area contributed by atoms with Gasteiger partial charge >= 0.3 is 11.9 Å². The molecule has 6 nitrogen and oxygen atoms in total. The lowest BCUT2D eigenvalue weighted by atomic mass is 10.1. The predicted molar refractivity (Wildman–Crippen MR) is 105 cm³/mol. The molecule has 1 aromatic carbocycles. The summed E-state index contributed by atoms with van der Waals surface area (Å²) in [5, 5.41) is 2.76. The first-order valence-electron chi connectivity index (χ1n) is 8.50. The van der Waals surface area contributed by atoms with Crippen molar-refractivity contribution < 1.29 is 28.2 Å². The van der Waals surface area contributed by atoms with Gasteiger partial charge in [0.2, 0.25) is 0 Å². The lowest BCUT2D eigenvalue weighted by molar-refractivity contribution is -0.119. The van der Waals surface area contributed by atoms with E-state index in [1.807, 2.05) is 13.8 Å². The van der Waals surface area contributed by atoms with Crippen LogP contribution in [0.3, 0.4) is 0 Å². The minimum Gasteiger partial charge on any atom is -0.462 e. The van der Waals surface area contributed by atoms with Crippen LogP contribution in [0, 0.1) is 12.7 Å². The third-order valence-corrected chi connectivity index (χ3v) is 5.17. The summed E-state index contributed by atoms with van der Waals surface area (Å²) in [6.45, 7) is 4.95. The van der Waals surface area contributed by atoms with E-state index < -0.39 is 35.8 Å². The van der Waals surface area contributed by atoms with E-state index in [0.29, 0.717) is 17.0 Å². The summed E-state index contributed by atoms with van der Waals surface area (Å²) in [6.07, 6.45) is 0.590. The van der Waals surface area contributed by atoms with Crippen LogP contribution in [0.15, 0.2) is 18.2 Å². The van der Waals surface area contributed by atoms with Crippen LogP contribution in [0.25, 0.3) is 0 Å². The average molecular weight is 428 g/mol. The third kappa shape index (κ3) is 4.88. The molecule has 0 saturated heterocycles. The highest BCUT2D eigenvalue weighted by Crippen LogP contribution is 2.34. The maximum atomic E-state index is 13.7. The molecule has 0 aliphatic heterocycles. The van der Waals surface area contributed by atoms with Crippen molar-refractivity contribution in [3.05, 3.63) is 50.6 Å². The number of aryl methyl sites for hydroxylation is 1. The zero-order valence-electron chi connectivity index (χ0n) is 15.6. The van der Waals surface area contributed by atoms with Crippen molar-refractivity contribution in [1.29, 1.82) is 0 Å². The summed E-state index contributed by atoms with van der Waals surface area (Å²) >= 11 is 7.03. The van der Waals surface area contributed by atoms with Crippen LogP contribution in [-0.2, 0) is 20.7 Å². The van der Waals surface area contributed by atoms with E-state index in [4.69, 9.17) is 21.1 Å². The van der Waals surface area contributed by atoms with Gasteiger partial charge in [0.05, 0.1) is 17.2 Å². The first-order chi connectivity index (χ1) is 13.3. The van der Waals surface area contributed by atoms with Crippen LogP contribution in [-0.4, -0.2) is 31.1 Å². The molecule has 1 aromatic heterocycles. The van der Waals surface area contributed by atoms with Crippen molar-refractivity contribution in [3.63, 3.8) is 0 Å². The molecule has 0 aliphatic carbocycles. The normalized spacial score (nSPS) is 10.5. The van der Waals surface area contributed by atoms with Gasteiger partial charge in [-0.05, 0) is 38.0 Å². The molecule has 0 spiro atoms. The first kappa shape index (κ1) is 21.8. The van der Waals surface area contributed by atoms with Gasteiger partial charge in [0.25, 0.3) is 5.91 Å². The van der Waals surface area contributed by atoms with Crippen molar-refractivity contribution in [2.45, 2.75) is 27.2 Å². The van der Waals surface area contributed by atoms with Gasteiger partial charge in [0, 0.05) is 4.88 Å². The Hall–Kier alpha value is -2.45. The van der Waals surface area contributed by atoms with E-state index in [-0.39, 0.29) is 11.6 Å². The Bertz CT molecular complexity index is 892. The van der Waals surface area contributed by atoms with Gasteiger partial charge in [-0.2, -0.15) is 0 Å². The summed E-state index contributed by atoms with van der Waals surface area (Å²) in [5.41, 5.74) is 0.641. The van der Waals surface area contributed by atoms with Gasteiger partial charge in [-0.25, -0.2) is 14.0 Å². The van der Waals surface area contributed by atoms with Gasteiger partial charge < -0.3 is 14.8 Å². The molecule has 0 unspecified atom stereocenters. The Labute approximate surface area is 170 Å². The fourth-order valence-electron chi connectivity index (χ4n) is 2.57. The molecule has 0 fully saturated rings. The standard InChI is InChI=1S/C19H19ClFNO5S/c1-4-11-10(3)28-17(15(11)18(24)26-5-2)22-14(23)9-27-19(25)16-12(20)7-6-8-13(16)21/h6-8H,4-5,9H2,1-3H3,(H,22,23). The molecule has 0 saturated carbocycles. The number of hydrogen-bond acceptors (Lipinski definition) is 6. The molecule has 1 N–H and O–H groups in total. The van der Waals surface area contributed by atoms with Crippen molar-refractivity contribution >= 4 is 45.8 Å². The summed E-state index contributed by atoms with van der Waals surface area (Å²) < 4.78 is 23.6. The molecular formula is C19H19ClFNO5S. The van der Waals surface area contributed by atoms with Crippen molar-refractivity contribution in [2.75, 3.05) is 18.5 Å². The van der Waals surface area contributed by atoms with Crippen molar-refractivity contribution in [3.8, 4) is 0 Å². The number of benzene rings is 1. The molecular weight excluding hydrogens is 409 g/mol. The van der Waals surface area contributed by atoms with Crippen LogP contribution in [0.4, 0.5) is 9.39 Å². The topological polar surface area (TPSA) is 81.7 Å². The van der Waals surface area contributed by atoms with Crippen LogP contribution >= 0.6 is 22.9 Å². The molecule has 9 heteroatoms. The number of carbonyl (C=O) groups excluding carboxylic acids is 3. The van der Waals surface area contributed by atoms with E-state index in [2.05, 4.69) is 5.32 Å². The number of halogens is 2. The Balaban J connectivity index is 2.11. The molecule has 0 atom stereocenters. The number of amides is 1. The molecule has 0 bridgehead atoms. The highest BCUT2D eigenvalue weighted by molar-refractivity contribution is 7.16. The largest absolute Gasteiger partial charge is 0.462 e. The van der Waals surface area contributed by atoms with Crippen LogP contribution in [0.1, 0.15) is 45.0 Å². The SMILES string of the molecule is CCOC(=O)c1c(NC(=O)COC(=O)c2c(F)cccc2Cl)sc(C)c1CC. The van der Waals surface area contributed by atoms with E-state index in [0.717, 1.165) is 16.5 Å². The van der Waals surface area contributed by atoms with Gasteiger partial charge in [-0.15, -0.1) is 11.3 Å². The van der Waals surface area contributed by atoms with Gasteiger partial charge in [0.15, 0.2) is 6.61 Å². The maximum absolute atomic E-state index is 13.7. The Morgan fingerprint density at radius 1 is 1.14 bits per heavy atom. The Kier molecular flexibility index (Phi) is 7.53. The summed E-state index contributed by atoms with van der Waals surface area (Å²) in [6, 6.07) is 3.75. The molecule has 1 heterocycles. The number of esters is 2. The Morgan fingerprint density at radius 2 is 1.82 bits per heavy atom. The second kappa shape index (κ2) is 9.66. The molecule has 0 radical (unpaired) electrons. The minimum atomic E-state index is -1.06. The van der Waals surface area contributed by atoms with E-state index in [1.165, 1.54) is 23.5 Å². The predicted octanol–water partition coefficient (Wildman–Crippen LogP) is 4.38. The number of hydrogen-bond donors (Lipinski definition) is 1. The van der Waals surface area contributed by atoms with Crippen molar-refractivity contribution in [1.82, 2.24) is 0 Å². The van der Waals surface area contributed by atoms with E-state index in [9.17, 15) is 18.8 Å². The molecule has 28 heavy (non-hydrogen) atoms. The molecule has 150 valence electrons. The molecule has 1 amide bonds. The van der Waals surface area contributed by atoms with Crippen LogP contribution < -0.4 is 5.32 Å². The monoisotopic (exact) mass is 427 g/mol. The number of anilines is 1. The van der Waals surface area contributed by atoms with Gasteiger partial charge in [0.1, 0.15) is 16.4 Å². The summed E-state index contributed by atoms with van der Waals surface area (Å²) in [5.74, 6) is -3.10. The van der Waals surface area contributed by atoms with Gasteiger partial charge in [-0.1, -0.05) is 24.6 Å². The van der Waals surface area contributed by atoms with E-state index >= 15 is 0 Å². The fraction of sp³-hybridized carbons (Fsp3) is 0.316. The second-order valence-corrected chi connectivity index (χ2v) is 7.27. The van der Waals surface area contributed by atoms with Crippen molar-refractivity contribution in [2.24, 2.45) is 0 Å². The molecule has 2 aromatic rings. The first-order valence-corrected chi connectivity index (χ1v) is 9.69. The van der Waals surface area contributed by atoms with Gasteiger partial charge in [-0.3, -0.25) is 4.79 Å². The van der Waals surface area contributed by atoms with Crippen LogP contribution in [0.5, 0.6) is 0 Å². The lowest BCUT2D eigenvalue weighted by Crippen LogP contribution is -2.22. The maximum Gasteiger partial charge on any atom is 0.343 e. The average Bonchev–Trinajstić information content (AvgIpc) is 2.95. The number of carbonyl (C=O) groups is 3. The van der Waals surface area contributed by atoms with E-state index in [1.54, 1.807) is 6.92 Å². The minimum absolute atomic E-state index is 0.114.